The van der Waals surface area contributed by atoms with Crippen LogP contribution in [0.15, 0.2) is 4.99 Å². The molecule has 21 heavy (non-hydrogen) atoms. The van der Waals surface area contributed by atoms with Crippen molar-refractivity contribution in [2.24, 2.45) is 10.9 Å². The topological polar surface area (TPSA) is 70.6 Å². The predicted octanol–water partition coefficient (Wildman–Crippen LogP) is 1.95. The van der Waals surface area contributed by atoms with Crippen LogP contribution in [-0.4, -0.2) is 46.0 Å². The quantitative estimate of drug-likeness (QED) is 0.408. The van der Waals surface area contributed by atoms with E-state index in [0.29, 0.717) is 6.54 Å². The van der Waals surface area contributed by atoms with Gasteiger partial charge in [-0.25, -0.2) is 8.42 Å². The number of hydrogen-bond acceptors (Lipinski definition) is 3. The molecule has 0 saturated heterocycles. The van der Waals surface area contributed by atoms with Crippen LogP contribution in [0.2, 0.25) is 0 Å². The third-order valence-corrected chi connectivity index (χ3v) is 4.82. The van der Waals surface area contributed by atoms with E-state index >= 15 is 0 Å². The van der Waals surface area contributed by atoms with Crippen molar-refractivity contribution in [1.29, 1.82) is 0 Å². The summed E-state index contributed by atoms with van der Waals surface area (Å²) in [4.78, 5) is 4.52. The molecule has 6 heteroatoms. The Balaban J connectivity index is 2.23. The fourth-order valence-corrected chi connectivity index (χ4v) is 3.22. The molecule has 1 rings (SSSR count). The number of nitrogens with zero attached hydrogens (tertiary/aromatic N) is 1. The van der Waals surface area contributed by atoms with Crippen LogP contribution in [0.1, 0.15) is 51.9 Å². The van der Waals surface area contributed by atoms with E-state index in [-0.39, 0.29) is 5.75 Å². The van der Waals surface area contributed by atoms with Crippen LogP contribution in [0.25, 0.3) is 0 Å². The predicted molar refractivity (Wildman–Crippen MR) is 89.5 cm³/mol. The van der Waals surface area contributed by atoms with Crippen LogP contribution in [0, 0.1) is 5.92 Å². The van der Waals surface area contributed by atoms with Gasteiger partial charge in [-0.2, -0.15) is 0 Å². The number of guanidine groups is 1. The minimum atomic E-state index is -2.92. The summed E-state index contributed by atoms with van der Waals surface area (Å²) in [6.07, 6.45) is 10.6. The minimum Gasteiger partial charge on any atom is -0.357 e. The normalized spacial score (nSPS) is 17.7. The van der Waals surface area contributed by atoms with Crippen LogP contribution in [0.3, 0.4) is 0 Å². The van der Waals surface area contributed by atoms with Gasteiger partial charge in [-0.3, -0.25) is 4.99 Å². The van der Waals surface area contributed by atoms with E-state index in [1.54, 1.807) is 0 Å². The average Bonchev–Trinajstić information content (AvgIpc) is 2.43. The summed E-state index contributed by atoms with van der Waals surface area (Å²) in [5, 5.41) is 6.23. The zero-order valence-corrected chi connectivity index (χ0v) is 14.3. The second kappa shape index (κ2) is 10.0. The number of rotatable bonds is 8. The van der Waals surface area contributed by atoms with E-state index in [0.717, 1.165) is 31.4 Å². The van der Waals surface area contributed by atoms with Crippen molar-refractivity contribution in [3.05, 3.63) is 0 Å². The van der Waals surface area contributed by atoms with Gasteiger partial charge in [0.15, 0.2) is 5.96 Å². The first-order chi connectivity index (χ1) is 10.0. The molecule has 1 fully saturated rings. The summed E-state index contributed by atoms with van der Waals surface area (Å²) >= 11 is 0. The first kappa shape index (κ1) is 18.3. The maximum atomic E-state index is 11.1. The smallest absolute Gasteiger partial charge is 0.191 e. The molecule has 0 unspecified atom stereocenters. The average molecular weight is 317 g/mol. The molecular formula is C15H31N3O2S. The fraction of sp³-hybridized carbons (Fsp3) is 0.933. The van der Waals surface area contributed by atoms with Crippen molar-refractivity contribution in [3.8, 4) is 0 Å². The second-order valence-corrected chi connectivity index (χ2v) is 8.22. The monoisotopic (exact) mass is 317 g/mol. The lowest BCUT2D eigenvalue weighted by atomic mass is 9.86. The summed E-state index contributed by atoms with van der Waals surface area (Å²) < 4.78 is 22.2. The van der Waals surface area contributed by atoms with Gasteiger partial charge in [-0.05, 0) is 25.7 Å². The molecule has 0 atom stereocenters. The summed E-state index contributed by atoms with van der Waals surface area (Å²) in [6, 6.07) is 0. The standard InChI is InChI=1S/C15H31N3O2S/c1-3-16-15(18-12-13-21(2,19)20)17-11-7-10-14-8-5-4-6-9-14/h14H,3-13H2,1-2H3,(H2,16,17,18). The van der Waals surface area contributed by atoms with Gasteiger partial charge < -0.3 is 10.6 Å². The zero-order chi connectivity index (χ0) is 15.6. The first-order valence-electron chi connectivity index (χ1n) is 8.21. The van der Waals surface area contributed by atoms with Gasteiger partial charge in [-0.1, -0.05) is 32.1 Å². The molecule has 1 aliphatic carbocycles. The summed E-state index contributed by atoms with van der Waals surface area (Å²) in [5.74, 6) is 1.76. The highest BCUT2D eigenvalue weighted by Gasteiger charge is 2.12. The molecular weight excluding hydrogens is 286 g/mol. The molecule has 0 amide bonds. The number of aliphatic imine (C=N–C) groups is 1. The second-order valence-electron chi connectivity index (χ2n) is 5.96. The van der Waals surface area contributed by atoms with Crippen LogP contribution in [0.5, 0.6) is 0 Å². The molecule has 2 N–H and O–H groups in total. The van der Waals surface area contributed by atoms with Gasteiger partial charge in [0.2, 0.25) is 0 Å². The Hall–Kier alpha value is -0.780. The van der Waals surface area contributed by atoms with Crippen LogP contribution >= 0.6 is 0 Å². The third kappa shape index (κ3) is 9.72. The largest absolute Gasteiger partial charge is 0.357 e. The van der Waals surface area contributed by atoms with E-state index in [9.17, 15) is 8.42 Å². The van der Waals surface area contributed by atoms with Crippen LogP contribution in [0.4, 0.5) is 0 Å². The van der Waals surface area contributed by atoms with Crippen molar-refractivity contribution in [3.63, 3.8) is 0 Å². The summed E-state index contributed by atoms with van der Waals surface area (Å²) in [7, 11) is -2.92. The highest BCUT2D eigenvalue weighted by molar-refractivity contribution is 7.90. The summed E-state index contributed by atoms with van der Waals surface area (Å²) in [6.45, 7) is 4.02. The molecule has 1 aliphatic rings. The Kier molecular flexibility index (Phi) is 8.73. The van der Waals surface area contributed by atoms with E-state index in [4.69, 9.17) is 0 Å². The van der Waals surface area contributed by atoms with Gasteiger partial charge in [0, 0.05) is 25.9 Å². The Bertz CT molecular complexity index is 401. The molecule has 0 radical (unpaired) electrons. The van der Waals surface area contributed by atoms with E-state index in [1.165, 1.54) is 44.8 Å². The maximum absolute atomic E-state index is 11.1. The zero-order valence-electron chi connectivity index (χ0n) is 13.5. The molecule has 0 spiro atoms. The molecule has 5 nitrogen and oxygen atoms in total. The molecule has 0 aromatic rings. The third-order valence-electron chi connectivity index (χ3n) is 3.87. The van der Waals surface area contributed by atoms with Crippen molar-refractivity contribution in [2.75, 3.05) is 31.6 Å². The van der Waals surface area contributed by atoms with Crippen LogP contribution in [-0.2, 0) is 9.84 Å². The van der Waals surface area contributed by atoms with Crippen molar-refractivity contribution in [1.82, 2.24) is 10.6 Å². The SMILES string of the molecule is CCNC(=NCCCC1CCCCC1)NCCS(C)(=O)=O. The molecule has 1 saturated carbocycles. The molecule has 0 aromatic carbocycles. The Morgan fingerprint density at radius 3 is 2.52 bits per heavy atom. The molecule has 0 bridgehead atoms. The fourth-order valence-electron chi connectivity index (χ4n) is 2.74. The molecule has 0 aliphatic heterocycles. The van der Waals surface area contributed by atoms with Gasteiger partial charge in [0.1, 0.15) is 9.84 Å². The number of hydrogen-bond donors (Lipinski definition) is 2. The molecule has 0 heterocycles. The Morgan fingerprint density at radius 2 is 1.90 bits per heavy atom. The lowest BCUT2D eigenvalue weighted by Crippen LogP contribution is -2.39. The van der Waals surface area contributed by atoms with E-state index in [1.807, 2.05) is 6.92 Å². The van der Waals surface area contributed by atoms with Crippen molar-refractivity contribution in [2.45, 2.75) is 51.9 Å². The first-order valence-corrected chi connectivity index (χ1v) is 10.3. The summed E-state index contributed by atoms with van der Waals surface area (Å²) in [5.41, 5.74) is 0. The van der Waals surface area contributed by atoms with Gasteiger partial charge in [-0.15, -0.1) is 0 Å². The van der Waals surface area contributed by atoms with Gasteiger partial charge in [0.25, 0.3) is 0 Å². The number of nitrogens with one attached hydrogen (secondary N) is 2. The molecule has 124 valence electrons. The number of sulfone groups is 1. The maximum Gasteiger partial charge on any atom is 0.191 e. The lowest BCUT2D eigenvalue weighted by Gasteiger charge is -2.20. The Labute approximate surface area is 129 Å². The van der Waals surface area contributed by atoms with E-state index in [2.05, 4.69) is 15.6 Å². The van der Waals surface area contributed by atoms with E-state index < -0.39 is 9.84 Å². The highest BCUT2D eigenvalue weighted by Crippen LogP contribution is 2.27. The lowest BCUT2D eigenvalue weighted by molar-refractivity contribution is 0.334. The van der Waals surface area contributed by atoms with Crippen molar-refractivity contribution >= 4 is 15.8 Å². The minimum absolute atomic E-state index is 0.138. The van der Waals surface area contributed by atoms with Crippen LogP contribution < -0.4 is 10.6 Å². The highest BCUT2D eigenvalue weighted by atomic mass is 32.2. The van der Waals surface area contributed by atoms with Gasteiger partial charge in [0.05, 0.1) is 5.75 Å². The molecule has 0 aromatic heterocycles. The van der Waals surface area contributed by atoms with Crippen molar-refractivity contribution < 1.29 is 8.42 Å². The van der Waals surface area contributed by atoms with Gasteiger partial charge >= 0.3 is 0 Å². The Morgan fingerprint density at radius 1 is 1.19 bits per heavy atom.